The zero-order valence-electron chi connectivity index (χ0n) is 15.0. The van der Waals surface area contributed by atoms with E-state index in [2.05, 4.69) is 5.32 Å². The first-order chi connectivity index (χ1) is 12.7. The molecule has 6 heteroatoms. The molecule has 2 aromatic heterocycles. The Balaban J connectivity index is 1.48. The van der Waals surface area contributed by atoms with Crippen molar-refractivity contribution in [3.63, 3.8) is 0 Å². The van der Waals surface area contributed by atoms with E-state index in [1.807, 2.05) is 34.0 Å². The maximum Gasteiger partial charge on any atom is 0.254 e. The van der Waals surface area contributed by atoms with Crippen LogP contribution in [0.1, 0.15) is 52.9 Å². The van der Waals surface area contributed by atoms with E-state index in [1.54, 1.807) is 11.3 Å². The van der Waals surface area contributed by atoms with Gasteiger partial charge in [-0.25, -0.2) is 0 Å². The lowest BCUT2D eigenvalue weighted by Crippen LogP contribution is -2.33. The number of carbonyl (C=O) groups is 2. The average Bonchev–Trinajstić information content (AvgIpc) is 3.41. The molecule has 138 valence electrons. The number of nitrogens with one attached hydrogen (secondary N) is 1. The van der Waals surface area contributed by atoms with Crippen molar-refractivity contribution in [3.8, 4) is 5.00 Å². The van der Waals surface area contributed by atoms with Crippen LogP contribution in [0.25, 0.3) is 5.00 Å². The van der Waals surface area contributed by atoms with Gasteiger partial charge in [-0.3, -0.25) is 9.59 Å². The van der Waals surface area contributed by atoms with Crippen LogP contribution in [0.3, 0.4) is 0 Å². The minimum absolute atomic E-state index is 0.0395. The molecule has 5 nitrogen and oxygen atoms in total. The molecule has 1 fully saturated rings. The Kier molecular flexibility index (Phi) is 5.11. The van der Waals surface area contributed by atoms with Crippen molar-refractivity contribution in [2.45, 2.75) is 44.9 Å². The number of carbonyl (C=O) groups excluding carboxylic acids is 2. The number of hydrogen-bond acceptors (Lipinski definition) is 3. The lowest BCUT2D eigenvalue weighted by molar-refractivity contribution is -0.129. The molecule has 1 N–H and O–H groups in total. The summed E-state index contributed by atoms with van der Waals surface area (Å²) in [5, 5.41) is 4.00. The van der Waals surface area contributed by atoms with Crippen LogP contribution >= 0.6 is 11.3 Å². The van der Waals surface area contributed by atoms with E-state index in [0.717, 1.165) is 55.8 Å². The van der Waals surface area contributed by atoms with Gasteiger partial charge in [0, 0.05) is 43.3 Å². The van der Waals surface area contributed by atoms with Crippen LogP contribution in [0.2, 0.25) is 0 Å². The smallest absolute Gasteiger partial charge is 0.254 e. The Morgan fingerprint density at radius 1 is 1.04 bits per heavy atom. The Bertz CT molecular complexity index is 788. The van der Waals surface area contributed by atoms with Gasteiger partial charge in [0.25, 0.3) is 5.91 Å². The molecule has 2 aromatic rings. The Morgan fingerprint density at radius 3 is 2.54 bits per heavy atom. The summed E-state index contributed by atoms with van der Waals surface area (Å²) in [6.45, 7) is 2.13. The SMILES string of the molecule is O=C(NCCC(=O)N1CCCC1)c1c(-n2cccc2)sc2c1CCCC2. The highest BCUT2D eigenvalue weighted by Crippen LogP contribution is 2.36. The zero-order chi connectivity index (χ0) is 17.9. The molecule has 0 spiro atoms. The second-order valence-electron chi connectivity index (χ2n) is 7.08. The Hall–Kier alpha value is -2.08. The summed E-state index contributed by atoms with van der Waals surface area (Å²) in [5.41, 5.74) is 2.03. The number of fused-ring (bicyclic) bond motifs is 1. The van der Waals surface area contributed by atoms with Gasteiger partial charge in [0.15, 0.2) is 0 Å². The number of aryl methyl sites for hydroxylation is 1. The topological polar surface area (TPSA) is 54.3 Å². The number of likely N-dealkylation sites (tertiary alicyclic amines) is 1. The largest absolute Gasteiger partial charge is 0.351 e. The van der Waals surface area contributed by atoms with Crippen LogP contribution in [0.4, 0.5) is 0 Å². The summed E-state index contributed by atoms with van der Waals surface area (Å²) in [4.78, 5) is 28.4. The second-order valence-corrected chi connectivity index (χ2v) is 8.16. The Morgan fingerprint density at radius 2 is 1.77 bits per heavy atom. The fourth-order valence-corrected chi connectivity index (χ4v) is 5.29. The predicted molar refractivity (Wildman–Crippen MR) is 103 cm³/mol. The first kappa shape index (κ1) is 17.3. The summed E-state index contributed by atoms with van der Waals surface area (Å²) in [6, 6.07) is 3.96. The van der Waals surface area contributed by atoms with E-state index in [0.29, 0.717) is 13.0 Å². The van der Waals surface area contributed by atoms with Gasteiger partial charge in [0.2, 0.25) is 5.91 Å². The molecule has 0 atom stereocenters. The Labute approximate surface area is 158 Å². The van der Waals surface area contributed by atoms with Crippen LogP contribution in [0.5, 0.6) is 0 Å². The van der Waals surface area contributed by atoms with Crippen molar-refractivity contribution in [3.05, 3.63) is 40.5 Å². The van der Waals surface area contributed by atoms with E-state index in [4.69, 9.17) is 0 Å². The van der Waals surface area contributed by atoms with Crippen molar-refractivity contribution in [1.29, 1.82) is 0 Å². The number of aromatic nitrogens is 1. The van der Waals surface area contributed by atoms with E-state index < -0.39 is 0 Å². The second kappa shape index (κ2) is 7.66. The minimum atomic E-state index is -0.0395. The van der Waals surface area contributed by atoms with E-state index in [9.17, 15) is 9.59 Å². The molecular formula is C20H25N3O2S. The lowest BCUT2D eigenvalue weighted by atomic mass is 9.95. The summed E-state index contributed by atoms with van der Waals surface area (Å²) in [5.74, 6) is 0.114. The molecule has 0 bridgehead atoms. The van der Waals surface area contributed by atoms with E-state index in [-0.39, 0.29) is 11.8 Å². The summed E-state index contributed by atoms with van der Waals surface area (Å²) in [7, 11) is 0. The van der Waals surface area contributed by atoms with Crippen LogP contribution in [-0.2, 0) is 17.6 Å². The molecular weight excluding hydrogens is 346 g/mol. The zero-order valence-corrected chi connectivity index (χ0v) is 15.8. The van der Waals surface area contributed by atoms with Crippen LogP contribution < -0.4 is 5.32 Å². The fourth-order valence-electron chi connectivity index (χ4n) is 3.93. The van der Waals surface area contributed by atoms with Crippen molar-refractivity contribution in [2.75, 3.05) is 19.6 Å². The number of amides is 2. The normalized spacial score (nSPS) is 16.5. The van der Waals surface area contributed by atoms with E-state index in [1.165, 1.54) is 16.9 Å². The summed E-state index contributed by atoms with van der Waals surface area (Å²) in [6.07, 6.45) is 10.9. The van der Waals surface area contributed by atoms with Crippen molar-refractivity contribution in [2.24, 2.45) is 0 Å². The highest BCUT2D eigenvalue weighted by molar-refractivity contribution is 7.15. The number of hydrogen-bond donors (Lipinski definition) is 1. The highest BCUT2D eigenvalue weighted by atomic mass is 32.1. The maximum atomic E-state index is 13.0. The molecule has 2 aliphatic rings. The van der Waals surface area contributed by atoms with Gasteiger partial charge in [-0.05, 0) is 56.2 Å². The standard InChI is InChI=1S/C20H25N3O2S/c24-17(22-11-3-4-12-22)9-10-21-19(25)18-15-7-1-2-8-16(15)26-20(18)23-13-5-6-14-23/h5-6,13-14H,1-4,7-12H2,(H,21,25). The van der Waals surface area contributed by atoms with Gasteiger partial charge in [-0.15, -0.1) is 11.3 Å². The highest BCUT2D eigenvalue weighted by Gasteiger charge is 2.26. The van der Waals surface area contributed by atoms with Gasteiger partial charge in [0.1, 0.15) is 5.00 Å². The molecule has 0 saturated carbocycles. The van der Waals surface area contributed by atoms with Gasteiger partial charge < -0.3 is 14.8 Å². The van der Waals surface area contributed by atoms with Gasteiger partial charge in [0.05, 0.1) is 5.56 Å². The first-order valence-electron chi connectivity index (χ1n) is 9.58. The molecule has 1 saturated heterocycles. The molecule has 4 rings (SSSR count). The van der Waals surface area contributed by atoms with E-state index >= 15 is 0 Å². The van der Waals surface area contributed by atoms with Crippen molar-refractivity contribution in [1.82, 2.24) is 14.8 Å². The lowest BCUT2D eigenvalue weighted by Gasteiger charge is -2.16. The van der Waals surface area contributed by atoms with Crippen molar-refractivity contribution < 1.29 is 9.59 Å². The number of rotatable bonds is 5. The molecule has 0 unspecified atom stereocenters. The third kappa shape index (κ3) is 3.43. The number of thiophene rings is 1. The summed E-state index contributed by atoms with van der Waals surface area (Å²) >= 11 is 1.74. The molecule has 26 heavy (non-hydrogen) atoms. The predicted octanol–water partition coefficient (Wildman–Crippen LogP) is 3.16. The molecule has 0 radical (unpaired) electrons. The van der Waals surface area contributed by atoms with Gasteiger partial charge >= 0.3 is 0 Å². The van der Waals surface area contributed by atoms with Crippen LogP contribution in [0, 0.1) is 0 Å². The molecule has 3 heterocycles. The number of nitrogens with zero attached hydrogens (tertiary/aromatic N) is 2. The van der Waals surface area contributed by atoms with Crippen molar-refractivity contribution >= 4 is 23.2 Å². The fraction of sp³-hybridized carbons (Fsp3) is 0.500. The van der Waals surface area contributed by atoms with Crippen LogP contribution in [-0.4, -0.2) is 40.9 Å². The third-order valence-electron chi connectivity index (χ3n) is 5.30. The summed E-state index contributed by atoms with van der Waals surface area (Å²) < 4.78 is 2.04. The average molecular weight is 372 g/mol. The van der Waals surface area contributed by atoms with Gasteiger partial charge in [-0.1, -0.05) is 0 Å². The van der Waals surface area contributed by atoms with Crippen LogP contribution in [0.15, 0.2) is 24.5 Å². The maximum absolute atomic E-state index is 13.0. The molecule has 0 aromatic carbocycles. The minimum Gasteiger partial charge on any atom is -0.351 e. The third-order valence-corrected chi connectivity index (χ3v) is 6.61. The molecule has 2 amide bonds. The van der Waals surface area contributed by atoms with Gasteiger partial charge in [-0.2, -0.15) is 0 Å². The quantitative estimate of drug-likeness (QED) is 0.878. The monoisotopic (exact) mass is 371 g/mol. The molecule has 1 aliphatic carbocycles. The first-order valence-corrected chi connectivity index (χ1v) is 10.4. The molecule has 1 aliphatic heterocycles.